The van der Waals surface area contributed by atoms with Gasteiger partial charge in [0.25, 0.3) is 5.91 Å². The van der Waals surface area contributed by atoms with E-state index in [0.29, 0.717) is 4.88 Å². The van der Waals surface area contributed by atoms with Crippen LogP contribution < -0.4 is 5.32 Å². The van der Waals surface area contributed by atoms with Crippen molar-refractivity contribution in [2.45, 2.75) is 58.4 Å². The lowest BCUT2D eigenvalue weighted by atomic mass is 10.1. The van der Waals surface area contributed by atoms with Crippen molar-refractivity contribution in [3.63, 3.8) is 0 Å². The van der Waals surface area contributed by atoms with E-state index in [1.54, 1.807) is 0 Å². The average molecular weight is 309 g/mol. The Morgan fingerprint density at radius 1 is 1.24 bits per heavy atom. The first-order valence-corrected chi connectivity index (χ1v) is 8.26. The molecule has 0 saturated heterocycles. The van der Waals surface area contributed by atoms with Crippen LogP contribution >= 0.6 is 11.3 Å². The Hall–Kier alpha value is -1.36. The SMILES string of the molecule is CC(C)(C)NC(=O)COC(=O)c1cc2c(s1)CCCCC2. The molecule has 0 saturated carbocycles. The highest BCUT2D eigenvalue weighted by Gasteiger charge is 2.19. The van der Waals surface area contributed by atoms with E-state index < -0.39 is 5.97 Å². The topological polar surface area (TPSA) is 55.4 Å². The molecule has 0 spiro atoms. The third kappa shape index (κ3) is 4.84. The van der Waals surface area contributed by atoms with Crippen molar-refractivity contribution in [3.05, 3.63) is 21.4 Å². The molecule has 1 aromatic heterocycles. The Morgan fingerprint density at radius 3 is 2.67 bits per heavy atom. The maximum atomic E-state index is 12.0. The van der Waals surface area contributed by atoms with E-state index in [-0.39, 0.29) is 18.1 Å². The van der Waals surface area contributed by atoms with Gasteiger partial charge in [0.1, 0.15) is 4.88 Å². The van der Waals surface area contributed by atoms with Crippen LogP contribution in [0.2, 0.25) is 0 Å². The lowest BCUT2D eigenvalue weighted by Crippen LogP contribution is -2.42. The molecule has 0 aliphatic heterocycles. The van der Waals surface area contributed by atoms with Crippen molar-refractivity contribution in [2.24, 2.45) is 0 Å². The maximum absolute atomic E-state index is 12.0. The van der Waals surface area contributed by atoms with Crippen molar-refractivity contribution >= 4 is 23.2 Å². The lowest BCUT2D eigenvalue weighted by molar-refractivity contribution is -0.125. The fraction of sp³-hybridized carbons (Fsp3) is 0.625. The molecule has 5 heteroatoms. The predicted molar refractivity (Wildman–Crippen MR) is 83.8 cm³/mol. The number of fused-ring (bicyclic) bond motifs is 1. The molecule has 0 fully saturated rings. The summed E-state index contributed by atoms with van der Waals surface area (Å²) in [4.78, 5) is 25.6. The number of hydrogen-bond donors (Lipinski definition) is 1. The zero-order chi connectivity index (χ0) is 15.5. The van der Waals surface area contributed by atoms with Gasteiger partial charge in [-0.05, 0) is 58.1 Å². The Kier molecular flexibility index (Phi) is 5.04. The largest absolute Gasteiger partial charge is 0.451 e. The van der Waals surface area contributed by atoms with Gasteiger partial charge in [0, 0.05) is 10.4 Å². The van der Waals surface area contributed by atoms with Crippen molar-refractivity contribution in [1.29, 1.82) is 0 Å². The second kappa shape index (κ2) is 6.60. The van der Waals surface area contributed by atoms with Gasteiger partial charge in [0.2, 0.25) is 0 Å². The number of amides is 1. The quantitative estimate of drug-likeness (QED) is 0.689. The third-order valence-electron chi connectivity index (χ3n) is 3.30. The average Bonchev–Trinajstić information content (AvgIpc) is 2.65. The van der Waals surface area contributed by atoms with Crippen LogP contribution in [0.1, 0.15) is 60.1 Å². The summed E-state index contributed by atoms with van der Waals surface area (Å²) >= 11 is 1.52. The molecule has 1 aliphatic rings. The van der Waals surface area contributed by atoms with Crippen LogP contribution in [0.3, 0.4) is 0 Å². The van der Waals surface area contributed by atoms with Crippen LogP contribution in [0.4, 0.5) is 0 Å². The molecule has 1 amide bonds. The van der Waals surface area contributed by atoms with Gasteiger partial charge >= 0.3 is 5.97 Å². The van der Waals surface area contributed by atoms with Crippen LogP contribution in [-0.2, 0) is 22.4 Å². The summed E-state index contributed by atoms with van der Waals surface area (Å²) in [5.74, 6) is -0.661. The molecule has 1 N–H and O–H groups in total. The fourth-order valence-corrected chi connectivity index (χ4v) is 3.57. The van der Waals surface area contributed by atoms with Gasteiger partial charge in [-0.25, -0.2) is 4.79 Å². The van der Waals surface area contributed by atoms with Crippen LogP contribution in [0, 0.1) is 0 Å². The van der Waals surface area contributed by atoms with E-state index in [9.17, 15) is 9.59 Å². The summed E-state index contributed by atoms with van der Waals surface area (Å²) in [7, 11) is 0. The van der Waals surface area contributed by atoms with Crippen LogP contribution in [0.15, 0.2) is 6.07 Å². The van der Waals surface area contributed by atoms with Crippen molar-refractivity contribution in [1.82, 2.24) is 5.32 Å². The van der Waals surface area contributed by atoms with Gasteiger partial charge in [0.05, 0.1) is 0 Å². The molecule has 0 aromatic carbocycles. The zero-order valence-corrected chi connectivity index (χ0v) is 13.8. The minimum atomic E-state index is -0.392. The van der Waals surface area contributed by atoms with Gasteiger partial charge in [-0.1, -0.05) is 6.42 Å². The number of ether oxygens (including phenoxy) is 1. The van der Waals surface area contributed by atoms with Crippen molar-refractivity contribution in [3.8, 4) is 0 Å². The van der Waals surface area contributed by atoms with E-state index >= 15 is 0 Å². The summed E-state index contributed by atoms with van der Waals surface area (Å²) < 4.78 is 5.10. The van der Waals surface area contributed by atoms with E-state index in [0.717, 1.165) is 12.8 Å². The monoisotopic (exact) mass is 309 g/mol. The molecule has 21 heavy (non-hydrogen) atoms. The second-order valence-electron chi connectivity index (χ2n) is 6.49. The molecule has 0 radical (unpaired) electrons. The Bertz CT molecular complexity index is 505. The summed E-state index contributed by atoms with van der Waals surface area (Å²) in [6, 6.07) is 1.94. The van der Waals surface area contributed by atoms with Crippen molar-refractivity contribution < 1.29 is 14.3 Å². The summed E-state index contributed by atoms with van der Waals surface area (Å²) in [6.45, 7) is 5.45. The standard InChI is InChI=1S/C16H23NO3S/c1-16(2,3)17-14(18)10-20-15(19)13-9-11-7-5-4-6-8-12(11)21-13/h9H,4-8,10H2,1-3H3,(H,17,18). The molecule has 0 bridgehead atoms. The molecule has 0 atom stereocenters. The lowest BCUT2D eigenvalue weighted by Gasteiger charge is -2.20. The normalized spacial score (nSPS) is 15.0. The molecule has 1 aliphatic carbocycles. The number of thiophene rings is 1. The molecular weight excluding hydrogens is 286 g/mol. The van der Waals surface area contributed by atoms with Gasteiger partial charge in [0.15, 0.2) is 6.61 Å². The molecule has 1 aromatic rings. The smallest absolute Gasteiger partial charge is 0.348 e. The van der Waals surface area contributed by atoms with Crippen LogP contribution in [0.25, 0.3) is 0 Å². The summed E-state index contributed by atoms with van der Waals surface area (Å²) in [5, 5.41) is 2.77. The number of carbonyl (C=O) groups is 2. The van der Waals surface area contributed by atoms with Gasteiger partial charge in [-0.15, -0.1) is 11.3 Å². The zero-order valence-electron chi connectivity index (χ0n) is 13.0. The maximum Gasteiger partial charge on any atom is 0.348 e. The molecule has 116 valence electrons. The summed E-state index contributed by atoms with van der Waals surface area (Å²) in [5.41, 5.74) is 0.965. The molecule has 4 nitrogen and oxygen atoms in total. The van der Waals surface area contributed by atoms with Crippen LogP contribution in [-0.4, -0.2) is 24.0 Å². The van der Waals surface area contributed by atoms with E-state index in [4.69, 9.17) is 4.74 Å². The molecular formula is C16H23NO3S. The van der Waals surface area contributed by atoms with E-state index in [1.807, 2.05) is 26.8 Å². The minimum absolute atomic E-state index is 0.224. The number of carbonyl (C=O) groups excluding carboxylic acids is 2. The minimum Gasteiger partial charge on any atom is -0.451 e. The number of aryl methyl sites for hydroxylation is 2. The predicted octanol–water partition coefficient (Wildman–Crippen LogP) is 3.09. The van der Waals surface area contributed by atoms with Gasteiger partial charge in [-0.2, -0.15) is 0 Å². The number of nitrogens with one attached hydrogen (secondary N) is 1. The highest BCUT2D eigenvalue weighted by Crippen LogP contribution is 2.29. The van der Waals surface area contributed by atoms with Crippen LogP contribution in [0.5, 0.6) is 0 Å². The highest BCUT2D eigenvalue weighted by molar-refractivity contribution is 7.14. The second-order valence-corrected chi connectivity index (χ2v) is 7.63. The van der Waals surface area contributed by atoms with Crippen molar-refractivity contribution in [2.75, 3.05) is 6.61 Å². The fourth-order valence-electron chi connectivity index (χ4n) is 2.42. The first-order valence-electron chi connectivity index (χ1n) is 7.45. The van der Waals surface area contributed by atoms with E-state index in [1.165, 1.54) is 41.0 Å². The van der Waals surface area contributed by atoms with Gasteiger partial charge < -0.3 is 10.1 Å². The Balaban J connectivity index is 1.90. The first-order chi connectivity index (χ1) is 9.85. The Labute approximate surface area is 129 Å². The molecule has 1 heterocycles. The number of rotatable bonds is 3. The number of hydrogen-bond acceptors (Lipinski definition) is 4. The molecule has 0 unspecified atom stereocenters. The number of esters is 1. The summed E-state index contributed by atoms with van der Waals surface area (Å²) in [6.07, 6.45) is 5.73. The molecule has 2 rings (SSSR count). The Morgan fingerprint density at radius 2 is 1.95 bits per heavy atom. The highest BCUT2D eigenvalue weighted by atomic mass is 32.1. The van der Waals surface area contributed by atoms with Gasteiger partial charge in [-0.3, -0.25) is 4.79 Å². The first kappa shape index (κ1) is 16.0. The third-order valence-corrected chi connectivity index (χ3v) is 4.51. The van der Waals surface area contributed by atoms with E-state index in [2.05, 4.69) is 5.32 Å².